The van der Waals surface area contributed by atoms with Gasteiger partial charge in [-0.15, -0.1) is 0 Å². The highest BCUT2D eigenvalue weighted by Crippen LogP contribution is 2.11. The molecule has 0 aromatic carbocycles. The predicted octanol–water partition coefficient (Wildman–Crippen LogP) is 2.98. The Morgan fingerprint density at radius 1 is 1.18 bits per heavy atom. The molecule has 6 nitrogen and oxygen atoms in total. The van der Waals surface area contributed by atoms with Crippen LogP contribution < -0.4 is 5.32 Å². The minimum absolute atomic E-state index is 0.0818. The molecule has 22 heavy (non-hydrogen) atoms. The van der Waals surface area contributed by atoms with Gasteiger partial charge in [-0.2, -0.15) is 0 Å². The molecular formula is C16H31NO5. The SMILES string of the molecule is CCCCCC(=O)OCC(CC)C(O)NC(=O)OC(C)(C)C. The van der Waals surface area contributed by atoms with Crippen molar-refractivity contribution in [1.82, 2.24) is 5.32 Å². The lowest BCUT2D eigenvalue weighted by atomic mass is 10.1. The largest absolute Gasteiger partial charge is 0.465 e. The Labute approximate surface area is 133 Å². The number of aliphatic hydroxyl groups is 1. The molecule has 0 aliphatic rings. The summed E-state index contributed by atoms with van der Waals surface area (Å²) >= 11 is 0. The molecule has 0 aromatic heterocycles. The van der Waals surface area contributed by atoms with Crippen LogP contribution in [0.5, 0.6) is 0 Å². The van der Waals surface area contributed by atoms with E-state index in [0.717, 1.165) is 19.3 Å². The first kappa shape index (κ1) is 20.7. The van der Waals surface area contributed by atoms with Crippen molar-refractivity contribution in [3.05, 3.63) is 0 Å². The summed E-state index contributed by atoms with van der Waals surface area (Å²) in [6, 6.07) is 0. The van der Waals surface area contributed by atoms with Crippen LogP contribution in [0, 0.1) is 5.92 Å². The van der Waals surface area contributed by atoms with Gasteiger partial charge in [-0.1, -0.05) is 26.7 Å². The second kappa shape index (κ2) is 10.4. The van der Waals surface area contributed by atoms with Gasteiger partial charge in [0.1, 0.15) is 11.8 Å². The first-order valence-electron chi connectivity index (χ1n) is 8.02. The fraction of sp³-hybridized carbons (Fsp3) is 0.875. The highest BCUT2D eigenvalue weighted by molar-refractivity contribution is 5.69. The Morgan fingerprint density at radius 3 is 2.32 bits per heavy atom. The number of alkyl carbamates (subject to hydrolysis) is 1. The third-order valence-electron chi connectivity index (χ3n) is 3.08. The number of unbranched alkanes of at least 4 members (excludes halogenated alkanes) is 2. The molecule has 2 atom stereocenters. The number of hydrogen-bond donors (Lipinski definition) is 2. The zero-order valence-electron chi connectivity index (χ0n) is 14.5. The molecule has 0 heterocycles. The van der Waals surface area contributed by atoms with Crippen molar-refractivity contribution in [3.63, 3.8) is 0 Å². The van der Waals surface area contributed by atoms with Crippen LogP contribution in [0.4, 0.5) is 4.79 Å². The molecule has 0 aliphatic heterocycles. The second-order valence-corrected chi connectivity index (χ2v) is 6.40. The summed E-state index contributed by atoms with van der Waals surface area (Å²) in [7, 11) is 0. The Kier molecular flexibility index (Phi) is 9.81. The quantitative estimate of drug-likeness (QED) is 0.388. The van der Waals surface area contributed by atoms with E-state index in [2.05, 4.69) is 12.2 Å². The number of carbonyl (C=O) groups excluding carboxylic acids is 2. The normalized spacial score (nSPS) is 14.1. The maximum atomic E-state index is 11.6. The van der Waals surface area contributed by atoms with E-state index in [-0.39, 0.29) is 18.5 Å². The summed E-state index contributed by atoms with van der Waals surface area (Å²) < 4.78 is 10.2. The van der Waals surface area contributed by atoms with Gasteiger partial charge in [-0.05, 0) is 33.6 Å². The van der Waals surface area contributed by atoms with Gasteiger partial charge in [0, 0.05) is 12.3 Å². The second-order valence-electron chi connectivity index (χ2n) is 6.40. The van der Waals surface area contributed by atoms with Crippen molar-refractivity contribution in [2.24, 2.45) is 5.92 Å². The fourth-order valence-electron chi connectivity index (χ4n) is 1.77. The third kappa shape index (κ3) is 10.4. The van der Waals surface area contributed by atoms with E-state index in [1.807, 2.05) is 6.92 Å². The van der Waals surface area contributed by atoms with Crippen molar-refractivity contribution < 1.29 is 24.2 Å². The lowest BCUT2D eigenvalue weighted by molar-refractivity contribution is -0.146. The van der Waals surface area contributed by atoms with Crippen LogP contribution >= 0.6 is 0 Å². The molecule has 0 aliphatic carbocycles. The fourth-order valence-corrected chi connectivity index (χ4v) is 1.77. The van der Waals surface area contributed by atoms with Crippen molar-refractivity contribution in [2.45, 2.75) is 78.6 Å². The summed E-state index contributed by atoms with van der Waals surface area (Å²) in [5, 5.41) is 12.4. The van der Waals surface area contributed by atoms with Crippen LogP contribution in [-0.2, 0) is 14.3 Å². The zero-order valence-corrected chi connectivity index (χ0v) is 14.5. The van der Waals surface area contributed by atoms with Gasteiger partial charge in [0.05, 0.1) is 6.61 Å². The number of hydrogen-bond acceptors (Lipinski definition) is 5. The summed E-state index contributed by atoms with van der Waals surface area (Å²) in [4.78, 5) is 23.2. The van der Waals surface area contributed by atoms with Gasteiger partial charge < -0.3 is 14.6 Å². The van der Waals surface area contributed by atoms with Crippen molar-refractivity contribution in [1.29, 1.82) is 0 Å². The highest BCUT2D eigenvalue weighted by atomic mass is 16.6. The molecule has 0 saturated heterocycles. The smallest absolute Gasteiger partial charge is 0.409 e. The van der Waals surface area contributed by atoms with Crippen LogP contribution in [0.1, 0.15) is 66.7 Å². The maximum Gasteiger partial charge on any atom is 0.409 e. The number of amides is 1. The van der Waals surface area contributed by atoms with Gasteiger partial charge in [-0.3, -0.25) is 10.1 Å². The van der Waals surface area contributed by atoms with Crippen molar-refractivity contribution in [2.75, 3.05) is 6.61 Å². The molecule has 0 aromatic rings. The van der Waals surface area contributed by atoms with E-state index in [1.165, 1.54) is 0 Å². The average Bonchev–Trinajstić information content (AvgIpc) is 2.37. The first-order valence-corrected chi connectivity index (χ1v) is 8.02. The Bertz CT molecular complexity index is 338. The molecule has 2 unspecified atom stereocenters. The monoisotopic (exact) mass is 317 g/mol. The third-order valence-corrected chi connectivity index (χ3v) is 3.08. The number of rotatable bonds is 9. The summed E-state index contributed by atoms with van der Waals surface area (Å²) in [5.41, 5.74) is -0.628. The molecule has 0 rings (SSSR count). The van der Waals surface area contributed by atoms with Crippen LogP contribution in [0.25, 0.3) is 0 Å². The van der Waals surface area contributed by atoms with Crippen LogP contribution in [0.2, 0.25) is 0 Å². The van der Waals surface area contributed by atoms with Gasteiger partial charge in [-0.25, -0.2) is 4.79 Å². The van der Waals surface area contributed by atoms with Gasteiger partial charge >= 0.3 is 12.1 Å². The highest BCUT2D eigenvalue weighted by Gasteiger charge is 2.24. The summed E-state index contributed by atoms with van der Waals surface area (Å²) in [6.45, 7) is 9.24. The van der Waals surface area contributed by atoms with E-state index >= 15 is 0 Å². The van der Waals surface area contributed by atoms with E-state index < -0.39 is 17.9 Å². The number of carbonyl (C=O) groups is 2. The van der Waals surface area contributed by atoms with Crippen LogP contribution in [0.15, 0.2) is 0 Å². The Morgan fingerprint density at radius 2 is 1.82 bits per heavy atom. The molecule has 2 N–H and O–H groups in total. The van der Waals surface area contributed by atoms with E-state index in [4.69, 9.17) is 9.47 Å². The zero-order chi connectivity index (χ0) is 17.2. The van der Waals surface area contributed by atoms with E-state index in [9.17, 15) is 14.7 Å². The molecular weight excluding hydrogens is 286 g/mol. The molecule has 0 fully saturated rings. The predicted molar refractivity (Wildman–Crippen MR) is 84.3 cm³/mol. The van der Waals surface area contributed by atoms with Gasteiger partial charge in [0.2, 0.25) is 0 Å². The maximum absolute atomic E-state index is 11.6. The van der Waals surface area contributed by atoms with Gasteiger partial charge in [0.15, 0.2) is 0 Å². The lowest BCUT2D eigenvalue weighted by Crippen LogP contribution is -2.44. The number of nitrogens with one attached hydrogen (secondary N) is 1. The average molecular weight is 317 g/mol. The Hall–Kier alpha value is -1.30. The lowest BCUT2D eigenvalue weighted by Gasteiger charge is -2.25. The minimum Gasteiger partial charge on any atom is -0.465 e. The minimum atomic E-state index is -1.11. The number of esters is 1. The first-order chi connectivity index (χ1) is 10.2. The number of aliphatic hydroxyl groups excluding tert-OH is 1. The van der Waals surface area contributed by atoms with E-state index in [1.54, 1.807) is 20.8 Å². The molecule has 0 spiro atoms. The summed E-state index contributed by atoms with van der Waals surface area (Å²) in [6.07, 6.45) is 2.01. The molecule has 0 saturated carbocycles. The molecule has 0 radical (unpaired) electrons. The number of ether oxygens (including phenoxy) is 2. The Balaban J connectivity index is 4.17. The molecule has 1 amide bonds. The van der Waals surface area contributed by atoms with Crippen molar-refractivity contribution in [3.8, 4) is 0 Å². The van der Waals surface area contributed by atoms with Crippen molar-refractivity contribution >= 4 is 12.1 Å². The molecule has 0 bridgehead atoms. The topological polar surface area (TPSA) is 84.9 Å². The summed E-state index contributed by atoms with van der Waals surface area (Å²) in [5.74, 6) is -0.626. The van der Waals surface area contributed by atoms with E-state index in [0.29, 0.717) is 12.8 Å². The molecule has 6 heteroatoms. The van der Waals surface area contributed by atoms with Crippen LogP contribution in [0.3, 0.4) is 0 Å². The van der Waals surface area contributed by atoms with Gasteiger partial charge in [0.25, 0.3) is 0 Å². The standard InChI is InChI=1S/C16H31NO5/c1-6-8-9-10-13(18)21-11-12(7-2)14(19)17-15(20)22-16(3,4)5/h12,14,19H,6-11H2,1-5H3,(H,17,20). The molecule has 130 valence electrons. The van der Waals surface area contributed by atoms with Crippen LogP contribution in [-0.4, -0.2) is 35.6 Å².